The van der Waals surface area contributed by atoms with E-state index in [1.54, 1.807) is 18.7 Å². The normalized spacial score (nSPS) is 10.5. The van der Waals surface area contributed by atoms with E-state index >= 15 is 0 Å². The zero-order chi connectivity index (χ0) is 23.9. The van der Waals surface area contributed by atoms with Gasteiger partial charge in [-0.05, 0) is 31.7 Å². The van der Waals surface area contributed by atoms with Crippen molar-refractivity contribution in [3.63, 3.8) is 0 Å². The molecule has 0 aliphatic heterocycles. The molecule has 178 valence electrons. The van der Waals surface area contributed by atoms with Gasteiger partial charge in [0.1, 0.15) is 3.53 Å². The number of amides is 2. The third-order valence-corrected chi connectivity index (χ3v) is 6.97. The van der Waals surface area contributed by atoms with Crippen LogP contribution in [0.25, 0.3) is 0 Å². The van der Waals surface area contributed by atoms with Crippen LogP contribution in [-0.4, -0.2) is 44.4 Å². The van der Waals surface area contributed by atoms with Gasteiger partial charge in [0.05, 0.1) is 13.0 Å². The monoisotopic (exact) mass is 508 g/mol. The number of thiocarbonyl (C=S) groups is 1. The summed E-state index contributed by atoms with van der Waals surface area (Å²) in [6.45, 7) is 2.49. The van der Waals surface area contributed by atoms with Gasteiger partial charge in [-0.25, -0.2) is 9.78 Å². The molecule has 0 fully saturated rings. The molecule has 2 rings (SSSR count). The number of hydrogen-bond donors (Lipinski definition) is 3. The van der Waals surface area contributed by atoms with E-state index in [2.05, 4.69) is 32.7 Å². The Morgan fingerprint density at radius 3 is 2.70 bits per heavy atom. The van der Waals surface area contributed by atoms with Crippen molar-refractivity contribution in [1.29, 1.82) is 0 Å². The van der Waals surface area contributed by atoms with Gasteiger partial charge >= 0.3 is 12.0 Å². The largest absolute Gasteiger partial charge is 0.466 e. The van der Waals surface area contributed by atoms with Crippen molar-refractivity contribution in [1.82, 2.24) is 15.3 Å². The lowest BCUT2D eigenvalue weighted by molar-refractivity contribution is -0.143. The van der Waals surface area contributed by atoms with Crippen molar-refractivity contribution in [2.45, 2.75) is 38.4 Å². The number of thioether (sulfide) groups is 2. The van der Waals surface area contributed by atoms with Crippen LogP contribution in [0, 0.1) is 6.92 Å². The van der Waals surface area contributed by atoms with E-state index in [4.69, 9.17) is 17.0 Å². The van der Waals surface area contributed by atoms with Crippen LogP contribution in [0.2, 0.25) is 0 Å². The van der Waals surface area contributed by atoms with Crippen molar-refractivity contribution in [2.24, 2.45) is 0 Å². The van der Waals surface area contributed by atoms with Crippen LogP contribution in [0.4, 0.5) is 10.7 Å². The van der Waals surface area contributed by atoms with Crippen LogP contribution < -0.4 is 16.2 Å². The third kappa shape index (κ3) is 12.4. The van der Waals surface area contributed by atoms with Crippen molar-refractivity contribution in [2.75, 3.05) is 24.2 Å². The summed E-state index contributed by atoms with van der Waals surface area (Å²) in [5.74, 6) is 1.32. The van der Waals surface area contributed by atoms with E-state index in [-0.39, 0.29) is 17.5 Å². The first-order chi connectivity index (χ1) is 15.9. The molecule has 0 radical (unpaired) electrons. The maximum Gasteiger partial charge on any atom is 0.321 e. The number of nitrogens with zero attached hydrogens (tertiary/aromatic N) is 1. The van der Waals surface area contributed by atoms with Crippen LogP contribution in [0.5, 0.6) is 0 Å². The number of aromatic amines is 1. The molecule has 0 bridgehead atoms. The summed E-state index contributed by atoms with van der Waals surface area (Å²) in [5.41, 5.74) is 1.42. The summed E-state index contributed by atoms with van der Waals surface area (Å²) in [7, 11) is 0. The summed E-state index contributed by atoms with van der Waals surface area (Å²) < 4.78 is 6.06. The molecule has 11 heteroatoms. The number of unbranched alkanes of at least 4 members (excludes halogenated alkanes) is 2. The Morgan fingerprint density at radius 2 is 1.94 bits per heavy atom. The molecule has 0 aliphatic rings. The molecule has 0 spiro atoms. The zero-order valence-electron chi connectivity index (χ0n) is 18.4. The standard InChI is InChI=1S/C22H28N4O4S3/c1-16-14-18(27)25-20(24-16)26-21(29)23-11-6-3-7-12-30-19(28)10-13-32-22(31)33-15-17-8-4-2-5-9-17/h2,4-5,8-9,14H,3,6-7,10-13,15H2,1H3,(H3,23,24,25,26,27,29). The second-order valence-electron chi connectivity index (χ2n) is 7.02. The summed E-state index contributed by atoms with van der Waals surface area (Å²) in [6.07, 6.45) is 2.60. The second kappa shape index (κ2) is 15.5. The average molecular weight is 509 g/mol. The highest BCUT2D eigenvalue weighted by Crippen LogP contribution is 2.22. The second-order valence-corrected chi connectivity index (χ2v) is 10.3. The van der Waals surface area contributed by atoms with E-state index in [0.717, 1.165) is 28.5 Å². The van der Waals surface area contributed by atoms with Crippen molar-refractivity contribution in [3.8, 4) is 0 Å². The molecule has 2 aromatic rings. The number of H-pyrrole nitrogens is 1. The van der Waals surface area contributed by atoms with Gasteiger partial charge in [-0.2, -0.15) is 0 Å². The number of carbonyl (C=O) groups is 2. The fraction of sp³-hybridized carbons (Fsp3) is 0.409. The van der Waals surface area contributed by atoms with Gasteiger partial charge < -0.3 is 10.1 Å². The molecule has 0 aliphatic carbocycles. The minimum atomic E-state index is -0.437. The van der Waals surface area contributed by atoms with Gasteiger partial charge in [0, 0.05) is 29.8 Å². The van der Waals surface area contributed by atoms with Gasteiger partial charge in [-0.15, -0.1) is 23.5 Å². The Balaban J connectivity index is 1.43. The average Bonchev–Trinajstić information content (AvgIpc) is 2.77. The number of aromatic nitrogens is 2. The molecule has 1 aromatic carbocycles. The highest BCUT2D eigenvalue weighted by Gasteiger charge is 2.07. The highest BCUT2D eigenvalue weighted by molar-refractivity contribution is 8.46. The zero-order valence-corrected chi connectivity index (χ0v) is 20.9. The minimum Gasteiger partial charge on any atom is -0.466 e. The highest BCUT2D eigenvalue weighted by atomic mass is 32.2. The van der Waals surface area contributed by atoms with Gasteiger partial charge in [-0.1, -0.05) is 42.5 Å². The summed E-state index contributed by atoms with van der Waals surface area (Å²) in [4.78, 5) is 41.5. The number of ether oxygens (including phenoxy) is 1. The third-order valence-electron chi connectivity index (χ3n) is 4.20. The number of hydrogen-bond acceptors (Lipinski definition) is 8. The Labute approximate surface area is 207 Å². The Bertz CT molecular complexity index is 970. The van der Waals surface area contributed by atoms with Crippen molar-refractivity contribution >= 4 is 57.2 Å². The van der Waals surface area contributed by atoms with Gasteiger partial charge in [0.15, 0.2) is 0 Å². The van der Waals surface area contributed by atoms with E-state index in [1.807, 2.05) is 18.2 Å². The minimum absolute atomic E-state index is 0.109. The number of urea groups is 1. The SMILES string of the molecule is Cc1cc(=O)[nH]c(NC(=O)NCCCCCOC(=O)CCSC(=S)SCc2ccccc2)n1. The molecule has 0 saturated carbocycles. The van der Waals surface area contributed by atoms with Crippen LogP contribution >= 0.6 is 35.7 Å². The predicted octanol–water partition coefficient (Wildman–Crippen LogP) is 4.25. The first kappa shape index (κ1) is 26.9. The Morgan fingerprint density at radius 1 is 1.15 bits per heavy atom. The Kier molecular flexibility index (Phi) is 12.6. The molecular formula is C22H28N4O4S3. The number of benzene rings is 1. The lowest BCUT2D eigenvalue weighted by Gasteiger charge is -2.08. The lowest BCUT2D eigenvalue weighted by atomic mass is 10.2. The Hall–Kier alpha value is -2.37. The van der Waals surface area contributed by atoms with Crippen LogP contribution in [0.3, 0.4) is 0 Å². The number of anilines is 1. The fourth-order valence-electron chi connectivity index (χ4n) is 2.63. The summed E-state index contributed by atoms with van der Waals surface area (Å²) in [5, 5.41) is 5.18. The van der Waals surface area contributed by atoms with Gasteiger partial charge in [0.25, 0.3) is 5.56 Å². The van der Waals surface area contributed by atoms with Crippen LogP contribution in [0.1, 0.15) is 36.9 Å². The summed E-state index contributed by atoms with van der Waals surface area (Å²) in [6, 6.07) is 11.0. The summed E-state index contributed by atoms with van der Waals surface area (Å²) >= 11 is 8.44. The van der Waals surface area contributed by atoms with Crippen molar-refractivity contribution in [3.05, 3.63) is 58.0 Å². The molecular weight excluding hydrogens is 480 g/mol. The number of nitrogens with one attached hydrogen (secondary N) is 3. The molecule has 33 heavy (non-hydrogen) atoms. The van der Waals surface area contributed by atoms with Gasteiger partial charge in [0.2, 0.25) is 5.95 Å². The molecule has 0 saturated heterocycles. The van der Waals surface area contributed by atoms with Gasteiger partial charge in [-0.3, -0.25) is 19.9 Å². The van der Waals surface area contributed by atoms with E-state index < -0.39 is 6.03 Å². The first-order valence-electron chi connectivity index (χ1n) is 10.5. The quantitative estimate of drug-likeness (QED) is 0.221. The van der Waals surface area contributed by atoms with Crippen molar-refractivity contribution < 1.29 is 14.3 Å². The first-order valence-corrected chi connectivity index (χ1v) is 12.9. The molecule has 1 aromatic heterocycles. The molecule has 0 atom stereocenters. The molecule has 8 nitrogen and oxygen atoms in total. The lowest BCUT2D eigenvalue weighted by Crippen LogP contribution is -2.31. The number of rotatable bonds is 12. The van der Waals surface area contributed by atoms with E-state index in [1.165, 1.54) is 23.4 Å². The smallest absolute Gasteiger partial charge is 0.321 e. The number of aryl methyl sites for hydroxylation is 1. The maximum absolute atomic E-state index is 11.8. The van der Waals surface area contributed by atoms with Crippen LogP contribution in [-0.2, 0) is 15.3 Å². The van der Waals surface area contributed by atoms with E-state index in [0.29, 0.717) is 31.0 Å². The predicted molar refractivity (Wildman–Crippen MR) is 139 cm³/mol. The van der Waals surface area contributed by atoms with Crippen LogP contribution in [0.15, 0.2) is 41.2 Å². The topological polar surface area (TPSA) is 113 Å². The number of carbonyl (C=O) groups excluding carboxylic acids is 2. The molecule has 1 heterocycles. The molecule has 0 unspecified atom stereocenters. The van der Waals surface area contributed by atoms with E-state index in [9.17, 15) is 14.4 Å². The molecule has 3 N–H and O–H groups in total. The number of esters is 1. The fourth-order valence-corrected chi connectivity index (χ4v) is 4.73. The maximum atomic E-state index is 11.8. The molecule has 2 amide bonds.